The first kappa shape index (κ1) is 90.8. The molecule has 4 fully saturated rings. The topological polar surface area (TPSA) is 313 Å². The van der Waals surface area contributed by atoms with Gasteiger partial charge < -0.3 is 48.3 Å². The van der Waals surface area contributed by atoms with Gasteiger partial charge in [0.2, 0.25) is 41.9 Å². The number of hydrogen-bond acceptors (Lipinski definition) is 16. The van der Waals surface area contributed by atoms with Gasteiger partial charge in [0.15, 0.2) is 5.76 Å². The lowest BCUT2D eigenvalue weighted by atomic mass is 9.87. The summed E-state index contributed by atoms with van der Waals surface area (Å²) in [5.41, 5.74) is 14.1. The van der Waals surface area contributed by atoms with Gasteiger partial charge in [-0.2, -0.15) is 0 Å². The van der Waals surface area contributed by atoms with E-state index in [1.54, 1.807) is 69.4 Å². The molecule has 3 aliphatic heterocycles. The summed E-state index contributed by atoms with van der Waals surface area (Å²) >= 11 is 0. The van der Waals surface area contributed by atoms with E-state index in [2.05, 4.69) is 16.0 Å². The standard InChI is InChI=1S/C34H34FN3O6S.C34H36FN3O5S.C29H35N3O5S/c1-19-8-10-21(11-9-19)32-30(33(39)36-3)26-16-25(27(17-29(26)44-32)37(4)45(5,41)42)22-7-6-14-38(18-22)34(40)31-20(2)24-15-23(35)12-13-28(24)43-31;1-20-7-9-22(10-8-20)32-31(33(39)36-2)28-17-26(29(18-30(28)43-32)37(3)44(4,41)42)23-6-5-15-38(19-23)34(40)27-16-25(27)21-11-13-24(35)14-12-21;1-18(2)14-26(33)32-13-7-8-21(17-32)22-15-23-25(16-24(22)31(5)38(6,35)36)37-28(27(23)29(34)30-4)20-11-9-19(3)10-12-20/h8-13,15-17,22H,6-7,14,18H2,1-5H3,(H,36,39);7-14,17-18,23,25,27H,5-6,15-16,19H2,1-4H3,(H,36,39);9-12,14-16,21H,7-8,13,17H2,1-6H3,(H,30,34)/t22-;23-,25?,27?;21-/m111/s1. The van der Waals surface area contributed by atoms with Crippen molar-refractivity contribution in [2.24, 2.45) is 5.92 Å². The molecule has 4 aromatic heterocycles. The molecule has 25 nitrogen and oxygen atoms in total. The molecule has 30 heteroatoms. The van der Waals surface area contributed by atoms with Crippen LogP contribution in [0.4, 0.5) is 25.8 Å². The molecule has 666 valence electrons. The Morgan fingerprint density at radius 3 is 1.16 bits per heavy atom. The summed E-state index contributed by atoms with van der Waals surface area (Å²) < 4.78 is 132. The van der Waals surface area contributed by atoms with Gasteiger partial charge in [-0.25, -0.2) is 34.0 Å². The largest absolute Gasteiger partial charge is 0.455 e. The molecular formula is C97H105F2N9O16S3. The number of amides is 6. The third-order valence-electron chi connectivity index (χ3n) is 24.7. The molecule has 3 N–H and O–H groups in total. The fourth-order valence-corrected chi connectivity index (χ4v) is 19.0. The molecule has 0 spiro atoms. The van der Waals surface area contributed by atoms with Crippen molar-refractivity contribution in [2.45, 2.75) is 110 Å². The van der Waals surface area contributed by atoms with Crippen LogP contribution in [0, 0.1) is 45.2 Å². The maximum Gasteiger partial charge on any atom is 0.289 e. The monoisotopic (exact) mass is 1790 g/mol. The van der Waals surface area contributed by atoms with Crippen molar-refractivity contribution in [3.05, 3.63) is 242 Å². The fraction of sp³-hybridized carbons (Fsp3) is 0.340. The van der Waals surface area contributed by atoms with Gasteiger partial charge >= 0.3 is 0 Å². The second kappa shape index (κ2) is 36.5. The van der Waals surface area contributed by atoms with E-state index in [1.807, 2.05) is 135 Å². The first-order valence-electron chi connectivity index (χ1n) is 42.2. The maximum atomic E-state index is 13.9. The smallest absolute Gasteiger partial charge is 0.289 e. The van der Waals surface area contributed by atoms with Gasteiger partial charge in [0.05, 0.1) is 52.5 Å². The van der Waals surface area contributed by atoms with Crippen LogP contribution in [0.5, 0.6) is 0 Å². The van der Waals surface area contributed by atoms with E-state index in [0.717, 1.165) is 101 Å². The highest BCUT2D eigenvalue weighted by Crippen LogP contribution is 2.51. The van der Waals surface area contributed by atoms with E-state index < -0.39 is 35.9 Å². The first-order valence-corrected chi connectivity index (χ1v) is 47.7. The number of allylic oxidation sites excluding steroid dienone is 1. The van der Waals surface area contributed by atoms with E-state index in [0.29, 0.717) is 157 Å². The number of piperidine rings is 3. The lowest BCUT2D eigenvalue weighted by molar-refractivity contribution is -0.134. The van der Waals surface area contributed by atoms with Crippen molar-refractivity contribution >= 4 is 126 Å². The molecule has 1 saturated carbocycles. The van der Waals surface area contributed by atoms with Gasteiger partial charge in [0, 0.05) is 173 Å². The third-order valence-corrected chi connectivity index (χ3v) is 28.3. The Kier molecular flexibility index (Phi) is 26.1. The molecule has 4 aliphatic rings. The SMILES string of the molecule is CNC(=O)c1c(-c2ccc(C)cc2)oc2cc(N(C)S(C)(=O)=O)c([C@@H]3CCCN(C(=O)C4CC4c4ccc(F)cc4)C3)cc12.CNC(=O)c1c(-c2ccc(C)cc2)oc2cc(N(C)S(C)(=O)=O)c([C@@H]3CCCN(C(=O)C=C(C)C)C3)cc12.CNC(=O)c1c(-c2ccc(C)cc2)oc2cc(N(C)S(C)(=O)=O)c([C@@H]3CCCN(C(=O)c4oc5ccc(F)cc5c4C)C3)cc12. The molecule has 3 saturated heterocycles. The van der Waals surface area contributed by atoms with Crippen LogP contribution >= 0.6 is 0 Å². The number of hydrogen-bond donors (Lipinski definition) is 3. The summed E-state index contributed by atoms with van der Waals surface area (Å²) in [6.45, 7) is 14.4. The van der Waals surface area contributed by atoms with Crippen molar-refractivity contribution in [3.8, 4) is 34.0 Å². The average molecular weight is 1790 g/mol. The zero-order chi connectivity index (χ0) is 91.3. The van der Waals surface area contributed by atoms with Crippen LogP contribution in [0.3, 0.4) is 0 Å². The molecule has 1 aliphatic carbocycles. The molecule has 16 rings (SSSR count). The van der Waals surface area contributed by atoms with E-state index in [9.17, 15) is 62.8 Å². The summed E-state index contributed by atoms with van der Waals surface area (Å²) in [7, 11) is -1.73. The zero-order valence-electron chi connectivity index (χ0n) is 73.8. The van der Waals surface area contributed by atoms with Crippen molar-refractivity contribution < 1.29 is 80.5 Å². The molecule has 6 amide bonds. The molecule has 12 aromatic rings. The number of aryl methyl sites for hydroxylation is 4. The Balaban J connectivity index is 0.000000155. The number of furan rings is 4. The lowest BCUT2D eigenvalue weighted by Crippen LogP contribution is -2.40. The second-order valence-corrected chi connectivity index (χ2v) is 40.0. The minimum atomic E-state index is -3.68. The number of halogens is 2. The van der Waals surface area contributed by atoms with E-state index >= 15 is 0 Å². The Labute approximate surface area is 738 Å². The van der Waals surface area contributed by atoms with Gasteiger partial charge in [-0.1, -0.05) is 107 Å². The molecule has 7 heterocycles. The number of nitrogens with zero attached hydrogens (tertiary/aromatic N) is 6. The minimum absolute atomic E-state index is 0.0511. The van der Waals surface area contributed by atoms with E-state index in [-0.39, 0.29) is 83.2 Å². The Morgan fingerprint density at radius 1 is 0.433 bits per heavy atom. The number of carbonyl (C=O) groups excluding carboxylic acids is 6. The molecule has 2 unspecified atom stereocenters. The number of likely N-dealkylation sites (tertiary alicyclic amines) is 3. The lowest BCUT2D eigenvalue weighted by Gasteiger charge is -2.35. The normalized spacial score (nSPS) is 17.2. The van der Waals surface area contributed by atoms with Crippen LogP contribution in [0.15, 0.2) is 181 Å². The summed E-state index contributed by atoms with van der Waals surface area (Å²) in [6.07, 6.45) is 10.2. The minimum Gasteiger partial charge on any atom is -0.455 e. The third kappa shape index (κ3) is 19.0. The summed E-state index contributed by atoms with van der Waals surface area (Å²) in [6, 6.07) is 44.1. The zero-order valence-corrected chi connectivity index (χ0v) is 76.2. The number of anilines is 3. The molecule has 8 aromatic carbocycles. The van der Waals surface area contributed by atoms with Gasteiger partial charge in [-0.15, -0.1) is 0 Å². The molecule has 0 radical (unpaired) electrons. The summed E-state index contributed by atoms with van der Waals surface area (Å²) in [5.74, 6) is -1.19. The summed E-state index contributed by atoms with van der Waals surface area (Å²) in [5, 5.41) is 10.4. The number of benzene rings is 8. The predicted octanol–water partition coefficient (Wildman–Crippen LogP) is 17.0. The Bertz CT molecular complexity index is 6720. The first-order chi connectivity index (χ1) is 60.2. The molecular weight excluding hydrogens is 1680 g/mol. The fourth-order valence-electron chi connectivity index (χ4n) is 17.5. The Hall–Kier alpha value is -12.4. The van der Waals surface area contributed by atoms with Crippen molar-refractivity contribution in [2.75, 3.05) is 113 Å². The van der Waals surface area contributed by atoms with Crippen molar-refractivity contribution in [3.63, 3.8) is 0 Å². The van der Waals surface area contributed by atoms with Gasteiger partial charge in [0.1, 0.15) is 51.2 Å². The van der Waals surface area contributed by atoms with Crippen LogP contribution in [-0.4, -0.2) is 176 Å². The Morgan fingerprint density at radius 2 is 0.787 bits per heavy atom. The number of fused-ring (bicyclic) bond motifs is 4. The molecule has 0 bridgehead atoms. The number of rotatable bonds is 19. The van der Waals surface area contributed by atoms with Gasteiger partial charge in [-0.05, 0) is 163 Å². The number of nitrogens with one attached hydrogen (secondary N) is 3. The maximum absolute atomic E-state index is 13.9. The quantitative estimate of drug-likeness (QED) is 0.0634. The van der Waals surface area contributed by atoms with Crippen molar-refractivity contribution in [1.82, 2.24) is 30.7 Å². The van der Waals surface area contributed by atoms with Crippen LogP contribution in [-0.2, 0) is 39.7 Å². The second-order valence-electron chi connectivity index (χ2n) is 33.9. The predicted molar refractivity (Wildman–Crippen MR) is 492 cm³/mol. The number of carbonyl (C=O) groups is 6. The van der Waals surface area contributed by atoms with Crippen LogP contribution in [0.1, 0.15) is 169 Å². The highest BCUT2D eigenvalue weighted by Gasteiger charge is 2.47. The molecule has 127 heavy (non-hydrogen) atoms. The summed E-state index contributed by atoms with van der Waals surface area (Å²) in [4.78, 5) is 85.2. The van der Waals surface area contributed by atoms with E-state index in [4.69, 9.17) is 17.7 Å². The van der Waals surface area contributed by atoms with Gasteiger partial charge in [0.25, 0.3) is 23.6 Å². The van der Waals surface area contributed by atoms with Gasteiger partial charge in [-0.3, -0.25) is 41.7 Å². The van der Waals surface area contributed by atoms with Crippen LogP contribution in [0.25, 0.3) is 77.8 Å². The van der Waals surface area contributed by atoms with E-state index in [1.165, 1.54) is 64.4 Å². The molecule has 5 atom stereocenters. The highest BCUT2D eigenvalue weighted by molar-refractivity contribution is 7.92. The van der Waals surface area contributed by atoms with Crippen LogP contribution < -0.4 is 28.9 Å². The van der Waals surface area contributed by atoms with Crippen molar-refractivity contribution in [1.29, 1.82) is 0 Å². The highest BCUT2D eigenvalue weighted by atomic mass is 32.2. The average Bonchev–Trinajstić information content (AvgIpc) is 1.62. The number of sulfonamides is 3. The van der Waals surface area contributed by atoms with Crippen LogP contribution in [0.2, 0.25) is 0 Å².